The van der Waals surface area contributed by atoms with E-state index in [4.69, 9.17) is 9.47 Å². The molecule has 2 aliphatic heterocycles. The Kier molecular flexibility index (Phi) is 2.25. The number of nitrogens with one attached hydrogen (secondary N) is 1. The third-order valence-corrected chi connectivity index (χ3v) is 3.64. The van der Waals surface area contributed by atoms with Crippen molar-refractivity contribution in [2.75, 3.05) is 26.3 Å². The van der Waals surface area contributed by atoms with E-state index in [9.17, 15) is 0 Å². The first-order valence-corrected chi connectivity index (χ1v) is 5.90. The second kappa shape index (κ2) is 3.61. The normalized spacial score (nSPS) is 30.1. The molecule has 1 aromatic heterocycles. The number of nitrogens with zero attached hydrogens (tertiary/aromatic N) is 2. The molecule has 1 unspecified atom stereocenters. The maximum atomic E-state index is 5.68. The minimum absolute atomic E-state index is 0.237. The molecule has 0 amide bonds. The Morgan fingerprint density at radius 1 is 1.20 bits per heavy atom. The van der Waals surface area contributed by atoms with E-state index in [-0.39, 0.29) is 5.41 Å². The summed E-state index contributed by atoms with van der Waals surface area (Å²) >= 11 is 1.14. The second-order valence-electron chi connectivity index (χ2n) is 4.19. The van der Waals surface area contributed by atoms with Crippen LogP contribution in [0.2, 0.25) is 0 Å². The molecular formula is C9H13N3O2S. The Morgan fingerprint density at radius 3 is 2.87 bits per heavy atom. The minimum Gasteiger partial charge on any atom is -0.473 e. The quantitative estimate of drug-likeness (QED) is 0.706. The van der Waals surface area contributed by atoms with E-state index >= 15 is 0 Å². The molecule has 1 fully saturated rings. The van der Waals surface area contributed by atoms with Crippen molar-refractivity contribution in [3.05, 3.63) is 0 Å². The highest BCUT2D eigenvalue weighted by Gasteiger charge is 2.36. The van der Waals surface area contributed by atoms with Crippen molar-refractivity contribution in [3.8, 4) is 11.8 Å². The first kappa shape index (κ1) is 9.35. The predicted octanol–water partition coefficient (Wildman–Crippen LogP) is 0.679. The van der Waals surface area contributed by atoms with E-state index in [1.54, 1.807) is 0 Å². The molecule has 3 rings (SSSR count). The van der Waals surface area contributed by atoms with Gasteiger partial charge in [0.2, 0.25) is 0 Å². The van der Waals surface area contributed by atoms with Gasteiger partial charge in [-0.2, -0.15) is 0 Å². The highest BCUT2D eigenvalue weighted by molar-refractivity contribution is 6.99. The summed E-state index contributed by atoms with van der Waals surface area (Å²) in [6.07, 6.45) is 2.18. The first-order chi connectivity index (χ1) is 7.38. The Hall–Kier alpha value is -0.880. The molecule has 3 heterocycles. The monoisotopic (exact) mass is 227 g/mol. The predicted molar refractivity (Wildman–Crippen MR) is 55.4 cm³/mol. The van der Waals surface area contributed by atoms with Crippen molar-refractivity contribution in [1.82, 2.24) is 14.1 Å². The summed E-state index contributed by atoms with van der Waals surface area (Å²) in [6.45, 7) is 3.53. The molecule has 1 spiro atoms. The molecule has 5 nitrogen and oxygen atoms in total. The first-order valence-electron chi connectivity index (χ1n) is 5.17. The maximum absolute atomic E-state index is 5.68. The number of hydrogen-bond acceptors (Lipinski definition) is 6. The Balaban J connectivity index is 1.79. The third kappa shape index (κ3) is 1.68. The van der Waals surface area contributed by atoms with Crippen molar-refractivity contribution < 1.29 is 9.47 Å². The molecular weight excluding hydrogens is 214 g/mol. The standard InChI is InChI=1S/C9H13N3O2S/c1-3-10-5-9(1)2-4-13-7-8(14-6-9)12-15-11-7/h10H,1-6H2. The number of aromatic nitrogens is 2. The van der Waals surface area contributed by atoms with Gasteiger partial charge in [0.25, 0.3) is 11.8 Å². The van der Waals surface area contributed by atoms with Crippen LogP contribution in [0.4, 0.5) is 0 Å². The van der Waals surface area contributed by atoms with Crippen LogP contribution in [0, 0.1) is 5.41 Å². The third-order valence-electron chi connectivity index (χ3n) is 3.15. The van der Waals surface area contributed by atoms with Gasteiger partial charge in [-0.1, -0.05) is 0 Å². The molecule has 82 valence electrons. The number of hydrogen-bond donors (Lipinski definition) is 1. The largest absolute Gasteiger partial charge is 0.473 e. The molecule has 0 radical (unpaired) electrons. The second-order valence-corrected chi connectivity index (χ2v) is 4.72. The van der Waals surface area contributed by atoms with Crippen LogP contribution >= 0.6 is 11.7 Å². The van der Waals surface area contributed by atoms with Crippen LogP contribution in [0.15, 0.2) is 0 Å². The lowest BCUT2D eigenvalue weighted by Crippen LogP contribution is -2.34. The molecule has 0 bridgehead atoms. The van der Waals surface area contributed by atoms with Gasteiger partial charge in [-0.05, 0) is 19.4 Å². The topological polar surface area (TPSA) is 56.3 Å². The fraction of sp³-hybridized carbons (Fsp3) is 0.778. The fourth-order valence-corrected chi connectivity index (χ4v) is 2.59. The van der Waals surface area contributed by atoms with Crippen LogP contribution in [-0.2, 0) is 0 Å². The van der Waals surface area contributed by atoms with Gasteiger partial charge in [0.15, 0.2) is 0 Å². The lowest BCUT2D eigenvalue weighted by atomic mass is 9.85. The fourth-order valence-electron chi connectivity index (χ4n) is 2.14. The number of rotatable bonds is 0. The van der Waals surface area contributed by atoms with Gasteiger partial charge in [0, 0.05) is 12.0 Å². The summed E-state index contributed by atoms with van der Waals surface area (Å²) < 4.78 is 19.3. The molecule has 1 N–H and O–H groups in total. The summed E-state index contributed by atoms with van der Waals surface area (Å²) in [7, 11) is 0. The van der Waals surface area contributed by atoms with Crippen molar-refractivity contribution in [1.29, 1.82) is 0 Å². The lowest BCUT2D eigenvalue weighted by Gasteiger charge is -2.29. The van der Waals surface area contributed by atoms with Crippen LogP contribution in [0.1, 0.15) is 12.8 Å². The maximum Gasteiger partial charge on any atom is 0.291 e. The summed E-state index contributed by atoms with van der Waals surface area (Å²) in [5.74, 6) is 1.12. The Morgan fingerprint density at radius 2 is 2.07 bits per heavy atom. The van der Waals surface area contributed by atoms with E-state index < -0.39 is 0 Å². The highest BCUT2D eigenvalue weighted by atomic mass is 32.1. The molecule has 2 aliphatic rings. The number of fused-ring (bicyclic) bond motifs is 1. The Bertz CT molecular complexity index is 349. The van der Waals surface area contributed by atoms with E-state index in [0.717, 1.165) is 44.3 Å². The Labute approximate surface area is 92.1 Å². The van der Waals surface area contributed by atoms with E-state index in [1.165, 1.54) is 0 Å². The lowest BCUT2D eigenvalue weighted by molar-refractivity contribution is 0.100. The van der Waals surface area contributed by atoms with Crippen LogP contribution in [0.5, 0.6) is 11.8 Å². The zero-order valence-corrected chi connectivity index (χ0v) is 9.18. The summed E-state index contributed by atoms with van der Waals surface area (Å²) in [4.78, 5) is 0. The molecule has 15 heavy (non-hydrogen) atoms. The van der Waals surface area contributed by atoms with E-state index in [2.05, 4.69) is 14.1 Å². The highest BCUT2D eigenvalue weighted by Crippen LogP contribution is 2.35. The van der Waals surface area contributed by atoms with Gasteiger partial charge in [-0.15, -0.1) is 8.75 Å². The zero-order chi connectivity index (χ0) is 10.1. The van der Waals surface area contributed by atoms with Crippen LogP contribution in [0.3, 0.4) is 0 Å². The van der Waals surface area contributed by atoms with Gasteiger partial charge < -0.3 is 14.8 Å². The van der Waals surface area contributed by atoms with E-state index in [0.29, 0.717) is 18.4 Å². The van der Waals surface area contributed by atoms with Gasteiger partial charge in [-0.25, -0.2) is 0 Å². The van der Waals surface area contributed by atoms with Gasteiger partial charge >= 0.3 is 0 Å². The van der Waals surface area contributed by atoms with Crippen molar-refractivity contribution in [2.24, 2.45) is 5.41 Å². The molecule has 0 aliphatic carbocycles. The molecule has 6 heteroatoms. The van der Waals surface area contributed by atoms with Crippen molar-refractivity contribution in [3.63, 3.8) is 0 Å². The summed E-state index contributed by atoms with van der Waals surface area (Å²) in [5.41, 5.74) is 0.237. The van der Waals surface area contributed by atoms with E-state index in [1.807, 2.05) is 0 Å². The average molecular weight is 227 g/mol. The van der Waals surface area contributed by atoms with Crippen LogP contribution < -0.4 is 14.8 Å². The van der Waals surface area contributed by atoms with Gasteiger partial charge in [0.1, 0.15) is 0 Å². The summed E-state index contributed by atoms with van der Waals surface area (Å²) in [5, 5.41) is 3.38. The average Bonchev–Trinajstić information content (AvgIpc) is 2.82. The van der Waals surface area contributed by atoms with Gasteiger partial charge in [-0.3, -0.25) is 0 Å². The number of ether oxygens (including phenoxy) is 2. The summed E-state index contributed by atoms with van der Waals surface area (Å²) in [6, 6.07) is 0. The molecule has 1 saturated heterocycles. The van der Waals surface area contributed by atoms with Gasteiger partial charge in [0.05, 0.1) is 24.9 Å². The van der Waals surface area contributed by atoms with Crippen LogP contribution in [-0.4, -0.2) is 35.1 Å². The minimum atomic E-state index is 0.237. The molecule has 1 atom stereocenters. The van der Waals surface area contributed by atoms with Crippen LogP contribution in [0.25, 0.3) is 0 Å². The zero-order valence-electron chi connectivity index (χ0n) is 8.36. The smallest absolute Gasteiger partial charge is 0.291 e. The molecule has 0 aromatic carbocycles. The molecule has 1 aromatic rings. The SMILES string of the molecule is C1CC2(CCOc3nsnc3OC2)CN1. The van der Waals surface area contributed by atoms with Crippen molar-refractivity contribution >= 4 is 11.7 Å². The molecule has 0 saturated carbocycles. The van der Waals surface area contributed by atoms with Crippen molar-refractivity contribution in [2.45, 2.75) is 12.8 Å².